The van der Waals surface area contributed by atoms with Crippen LogP contribution in [0.5, 0.6) is 0 Å². The van der Waals surface area contributed by atoms with Crippen LogP contribution in [0.2, 0.25) is 0 Å². The Labute approximate surface area is 86.7 Å². The van der Waals surface area contributed by atoms with Crippen molar-refractivity contribution < 1.29 is 4.79 Å². The van der Waals surface area contributed by atoms with E-state index >= 15 is 0 Å². The standard InChI is InChI=1S/C9H13NOS2/c1-8(2)7(11)6(10)5-9(8)12-3-4-13-9/h10H,3-5H2,1-2H3. The molecule has 0 aromatic heterocycles. The molecule has 0 unspecified atom stereocenters. The molecule has 13 heavy (non-hydrogen) atoms. The van der Waals surface area contributed by atoms with Crippen molar-refractivity contribution in [2.24, 2.45) is 5.41 Å². The summed E-state index contributed by atoms with van der Waals surface area (Å²) in [6, 6.07) is 0. The number of carbonyl (C=O) groups excluding carboxylic acids is 1. The van der Waals surface area contributed by atoms with Gasteiger partial charge in [0.05, 0.1) is 15.2 Å². The third-order valence-corrected chi connectivity index (χ3v) is 6.98. The zero-order chi connectivity index (χ0) is 9.69. The first kappa shape index (κ1) is 9.59. The number of hydrogen-bond donors (Lipinski definition) is 1. The highest BCUT2D eigenvalue weighted by Gasteiger charge is 2.59. The van der Waals surface area contributed by atoms with Crippen molar-refractivity contribution in [1.82, 2.24) is 0 Å². The molecule has 0 aromatic carbocycles. The lowest BCUT2D eigenvalue weighted by atomic mass is 9.89. The first-order valence-electron chi connectivity index (χ1n) is 4.40. The Morgan fingerprint density at radius 2 is 1.85 bits per heavy atom. The molecular weight excluding hydrogens is 202 g/mol. The number of carbonyl (C=O) groups is 1. The summed E-state index contributed by atoms with van der Waals surface area (Å²) in [5.74, 6) is 2.29. The average molecular weight is 215 g/mol. The Morgan fingerprint density at radius 3 is 2.23 bits per heavy atom. The number of rotatable bonds is 0. The van der Waals surface area contributed by atoms with Crippen LogP contribution in [0.3, 0.4) is 0 Å². The molecule has 0 radical (unpaired) electrons. The summed E-state index contributed by atoms with van der Waals surface area (Å²) in [7, 11) is 0. The molecule has 1 saturated carbocycles. The molecule has 1 saturated heterocycles. The summed E-state index contributed by atoms with van der Waals surface area (Å²) in [5, 5.41) is 7.62. The van der Waals surface area contributed by atoms with Gasteiger partial charge in [-0.15, -0.1) is 23.5 Å². The summed E-state index contributed by atoms with van der Waals surface area (Å²) in [4.78, 5) is 11.7. The monoisotopic (exact) mass is 215 g/mol. The third kappa shape index (κ3) is 1.11. The molecule has 2 nitrogen and oxygen atoms in total. The van der Waals surface area contributed by atoms with Crippen LogP contribution >= 0.6 is 23.5 Å². The minimum Gasteiger partial charge on any atom is -0.302 e. The second-order valence-electron chi connectivity index (χ2n) is 4.06. The molecule has 0 atom stereocenters. The Bertz CT molecular complexity index is 279. The number of thioether (sulfide) groups is 2. The summed E-state index contributed by atoms with van der Waals surface area (Å²) >= 11 is 3.74. The van der Waals surface area contributed by atoms with Gasteiger partial charge in [0.2, 0.25) is 0 Å². The van der Waals surface area contributed by atoms with E-state index < -0.39 is 0 Å². The number of nitrogens with one attached hydrogen (secondary N) is 1. The second-order valence-corrected chi connectivity index (χ2v) is 7.11. The van der Waals surface area contributed by atoms with Crippen LogP contribution in [-0.4, -0.2) is 27.1 Å². The van der Waals surface area contributed by atoms with Crippen molar-refractivity contribution in [1.29, 1.82) is 5.41 Å². The van der Waals surface area contributed by atoms with E-state index in [9.17, 15) is 4.79 Å². The molecule has 2 fully saturated rings. The summed E-state index contributed by atoms with van der Waals surface area (Å²) in [6.07, 6.45) is 0.661. The third-order valence-electron chi connectivity index (χ3n) is 2.96. The smallest absolute Gasteiger partial charge is 0.184 e. The maximum absolute atomic E-state index is 11.7. The van der Waals surface area contributed by atoms with Crippen LogP contribution in [0.15, 0.2) is 0 Å². The molecule has 0 aromatic rings. The highest BCUT2D eigenvalue weighted by Crippen LogP contribution is 2.60. The fourth-order valence-electron chi connectivity index (χ4n) is 2.00. The maximum atomic E-state index is 11.7. The zero-order valence-electron chi connectivity index (χ0n) is 7.85. The summed E-state index contributed by atoms with van der Waals surface area (Å²) in [5.41, 5.74) is -0.0116. The molecule has 2 aliphatic rings. The van der Waals surface area contributed by atoms with E-state index in [-0.39, 0.29) is 15.3 Å². The number of ketones is 1. The fourth-order valence-corrected chi connectivity index (χ4v) is 5.56. The lowest BCUT2D eigenvalue weighted by Crippen LogP contribution is -2.36. The molecule has 1 aliphatic carbocycles. The Balaban J connectivity index is 2.41. The van der Waals surface area contributed by atoms with E-state index in [0.29, 0.717) is 12.1 Å². The predicted molar refractivity (Wildman–Crippen MR) is 58.8 cm³/mol. The van der Waals surface area contributed by atoms with Crippen LogP contribution in [0, 0.1) is 10.8 Å². The van der Waals surface area contributed by atoms with Crippen LogP contribution in [0.25, 0.3) is 0 Å². The first-order valence-corrected chi connectivity index (χ1v) is 6.37. The molecule has 4 heteroatoms. The van der Waals surface area contributed by atoms with Crippen molar-refractivity contribution in [3.05, 3.63) is 0 Å². The Morgan fingerprint density at radius 1 is 1.31 bits per heavy atom. The molecule has 0 bridgehead atoms. The molecule has 72 valence electrons. The highest BCUT2D eigenvalue weighted by atomic mass is 32.2. The van der Waals surface area contributed by atoms with E-state index in [1.807, 2.05) is 37.4 Å². The molecule has 1 heterocycles. The molecule has 0 amide bonds. The van der Waals surface area contributed by atoms with E-state index in [4.69, 9.17) is 5.41 Å². The average Bonchev–Trinajstić information content (AvgIpc) is 2.57. The molecule has 1 spiro atoms. The van der Waals surface area contributed by atoms with Gasteiger partial charge in [0.15, 0.2) is 5.78 Å². The quantitative estimate of drug-likeness (QED) is 0.673. The van der Waals surface area contributed by atoms with Gasteiger partial charge in [-0.3, -0.25) is 4.79 Å². The number of hydrogen-bond acceptors (Lipinski definition) is 4. The van der Waals surface area contributed by atoms with Crippen LogP contribution in [0.4, 0.5) is 0 Å². The van der Waals surface area contributed by atoms with Crippen LogP contribution in [-0.2, 0) is 4.79 Å². The van der Waals surface area contributed by atoms with Crippen molar-refractivity contribution in [2.75, 3.05) is 11.5 Å². The summed E-state index contributed by atoms with van der Waals surface area (Å²) < 4.78 is -0.0127. The zero-order valence-corrected chi connectivity index (χ0v) is 9.48. The molecule has 1 N–H and O–H groups in total. The Hall–Kier alpha value is 0.0400. The van der Waals surface area contributed by atoms with Crippen molar-refractivity contribution in [2.45, 2.75) is 24.3 Å². The van der Waals surface area contributed by atoms with E-state index in [1.54, 1.807) is 0 Å². The van der Waals surface area contributed by atoms with Gasteiger partial charge >= 0.3 is 0 Å². The predicted octanol–water partition coefficient (Wildman–Crippen LogP) is 2.18. The van der Waals surface area contributed by atoms with Crippen LogP contribution < -0.4 is 0 Å². The largest absolute Gasteiger partial charge is 0.302 e. The number of Topliss-reactive ketones (excluding diaryl/α,β-unsaturated/α-hetero) is 1. The van der Waals surface area contributed by atoms with Gasteiger partial charge in [-0.2, -0.15) is 0 Å². The SMILES string of the molecule is CC1(C)C(=O)C(=N)CC12SCCS2. The van der Waals surface area contributed by atoms with Crippen molar-refractivity contribution in [3.8, 4) is 0 Å². The van der Waals surface area contributed by atoms with Gasteiger partial charge in [0.1, 0.15) is 0 Å². The van der Waals surface area contributed by atoms with Gasteiger partial charge in [-0.05, 0) is 0 Å². The van der Waals surface area contributed by atoms with Gasteiger partial charge in [0.25, 0.3) is 0 Å². The minimum atomic E-state index is -0.337. The topological polar surface area (TPSA) is 40.9 Å². The van der Waals surface area contributed by atoms with Gasteiger partial charge in [0, 0.05) is 17.9 Å². The fraction of sp³-hybridized carbons (Fsp3) is 0.778. The molecular formula is C9H13NOS2. The highest BCUT2D eigenvalue weighted by molar-refractivity contribution is 8.21. The van der Waals surface area contributed by atoms with Gasteiger partial charge in [-0.1, -0.05) is 13.8 Å². The maximum Gasteiger partial charge on any atom is 0.184 e. The second kappa shape index (κ2) is 2.76. The minimum absolute atomic E-state index is 0.0127. The Kier molecular flexibility index (Phi) is 2.04. The molecule has 2 rings (SSSR count). The van der Waals surface area contributed by atoms with E-state index in [2.05, 4.69) is 0 Å². The van der Waals surface area contributed by atoms with E-state index in [1.165, 1.54) is 0 Å². The van der Waals surface area contributed by atoms with Gasteiger partial charge < -0.3 is 5.41 Å². The van der Waals surface area contributed by atoms with E-state index in [0.717, 1.165) is 11.5 Å². The van der Waals surface area contributed by atoms with Gasteiger partial charge in [-0.25, -0.2) is 0 Å². The lowest BCUT2D eigenvalue weighted by molar-refractivity contribution is -0.119. The van der Waals surface area contributed by atoms with Crippen LogP contribution in [0.1, 0.15) is 20.3 Å². The van der Waals surface area contributed by atoms with Crippen molar-refractivity contribution >= 4 is 35.0 Å². The first-order chi connectivity index (χ1) is 6.00. The molecule has 1 aliphatic heterocycles. The normalized spacial score (nSPS) is 30.3. The van der Waals surface area contributed by atoms with Crippen molar-refractivity contribution in [3.63, 3.8) is 0 Å². The lowest BCUT2D eigenvalue weighted by Gasteiger charge is -2.33. The summed E-state index contributed by atoms with van der Waals surface area (Å²) in [6.45, 7) is 3.98.